The third kappa shape index (κ3) is 6.20. The van der Waals surface area contributed by atoms with Crippen molar-refractivity contribution in [2.45, 2.75) is 13.5 Å². The fourth-order valence-corrected chi connectivity index (χ4v) is 3.14. The third-order valence-electron chi connectivity index (χ3n) is 4.81. The zero-order valence-electron chi connectivity index (χ0n) is 20.1. The van der Waals surface area contributed by atoms with E-state index >= 15 is 0 Å². The number of hydrogen-bond acceptors (Lipinski definition) is 12. The largest absolute Gasteiger partial charge is 0.490 e. The molecule has 4 rings (SSSR count). The van der Waals surface area contributed by atoms with Crippen molar-refractivity contribution < 1.29 is 28.4 Å². The number of primary amides is 1. The van der Waals surface area contributed by atoms with Crippen LogP contribution in [0.4, 0.5) is 5.82 Å². The maximum absolute atomic E-state index is 12.9. The van der Waals surface area contributed by atoms with Gasteiger partial charge in [-0.15, -0.1) is 5.10 Å². The SMILES string of the molecule is CCOc1cc(C=NNC(=O)c2nnn(-c3nonc3N)c2COc2ccccc2)ccc1OCC(N)=O. The number of carbonyl (C=O) groups is 2. The monoisotopic (exact) mass is 521 g/mol. The van der Waals surface area contributed by atoms with Crippen molar-refractivity contribution in [3.05, 3.63) is 65.5 Å². The van der Waals surface area contributed by atoms with Crippen LogP contribution in [0, 0.1) is 0 Å². The van der Waals surface area contributed by atoms with Crippen LogP contribution in [0.3, 0.4) is 0 Å². The Kier molecular flexibility index (Phi) is 8.08. The van der Waals surface area contributed by atoms with Gasteiger partial charge in [0.15, 0.2) is 23.8 Å². The lowest BCUT2D eigenvalue weighted by atomic mass is 10.2. The Morgan fingerprint density at radius 1 is 1.11 bits per heavy atom. The molecule has 15 heteroatoms. The summed E-state index contributed by atoms with van der Waals surface area (Å²) in [5.41, 5.74) is 14.1. The number of hydrogen-bond donors (Lipinski definition) is 3. The van der Waals surface area contributed by atoms with E-state index in [1.165, 1.54) is 10.9 Å². The summed E-state index contributed by atoms with van der Waals surface area (Å²) in [6.45, 7) is 1.77. The molecule has 2 aromatic heterocycles. The van der Waals surface area contributed by atoms with Gasteiger partial charge in [0, 0.05) is 0 Å². The molecule has 0 atom stereocenters. The molecule has 15 nitrogen and oxygen atoms in total. The first-order chi connectivity index (χ1) is 18.5. The molecule has 196 valence electrons. The number of nitrogens with two attached hydrogens (primary N) is 2. The predicted octanol–water partition coefficient (Wildman–Crippen LogP) is 0.838. The number of para-hydroxylation sites is 1. The third-order valence-corrected chi connectivity index (χ3v) is 4.81. The number of benzene rings is 2. The molecule has 0 aliphatic carbocycles. The summed E-state index contributed by atoms with van der Waals surface area (Å²) in [7, 11) is 0. The maximum atomic E-state index is 12.9. The van der Waals surface area contributed by atoms with Crippen LogP contribution in [0.15, 0.2) is 58.3 Å². The highest BCUT2D eigenvalue weighted by Gasteiger charge is 2.24. The molecular formula is C23H23N9O6. The van der Waals surface area contributed by atoms with E-state index < -0.39 is 11.8 Å². The molecule has 0 aliphatic heterocycles. The minimum absolute atomic E-state index is 0.0470. The lowest BCUT2D eigenvalue weighted by Crippen LogP contribution is -2.21. The number of nitrogens with zero attached hydrogens (tertiary/aromatic N) is 6. The summed E-state index contributed by atoms with van der Waals surface area (Å²) in [6, 6.07) is 13.8. The van der Waals surface area contributed by atoms with Crippen LogP contribution in [-0.4, -0.2) is 56.5 Å². The Morgan fingerprint density at radius 3 is 2.63 bits per heavy atom. The summed E-state index contributed by atoms with van der Waals surface area (Å²) >= 11 is 0. The highest BCUT2D eigenvalue weighted by molar-refractivity contribution is 5.94. The second-order valence-electron chi connectivity index (χ2n) is 7.46. The fourth-order valence-electron chi connectivity index (χ4n) is 3.14. The summed E-state index contributed by atoms with van der Waals surface area (Å²) in [4.78, 5) is 23.9. The number of amides is 2. The number of anilines is 1. The van der Waals surface area contributed by atoms with Crippen molar-refractivity contribution in [2.75, 3.05) is 18.9 Å². The van der Waals surface area contributed by atoms with Crippen LogP contribution in [-0.2, 0) is 11.4 Å². The smallest absolute Gasteiger partial charge is 0.293 e. The van der Waals surface area contributed by atoms with Gasteiger partial charge in [-0.2, -0.15) is 9.78 Å². The Hall–Kier alpha value is -5.47. The Bertz CT molecular complexity index is 1430. The van der Waals surface area contributed by atoms with E-state index in [0.717, 1.165) is 0 Å². The van der Waals surface area contributed by atoms with Crippen molar-refractivity contribution in [2.24, 2.45) is 10.8 Å². The highest BCUT2D eigenvalue weighted by Crippen LogP contribution is 2.28. The zero-order valence-corrected chi connectivity index (χ0v) is 20.1. The minimum atomic E-state index is -0.666. The van der Waals surface area contributed by atoms with Crippen LogP contribution in [0.2, 0.25) is 0 Å². The number of aromatic nitrogens is 5. The average molecular weight is 521 g/mol. The molecule has 38 heavy (non-hydrogen) atoms. The molecule has 0 spiro atoms. The van der Waals surface area contributed by atoms with E-state index in [1.807, 2.05) is 6.07 Å². The molecule has 0 bridgehead atoms. The van der Waals surface area contributed by atoms with Crippen LogP contribution >= 0.6 is 0 Å². The Morgan fingerprint density at radius 2 is 1.92 bits per heavy atom. The van der Waals surface area contributed by atoms with Crippen molar-refractivity contribution >= 4 is 23.8 Å². The van der Waals surface area contributed by atoms with E-state index in [-0.39, 0.29) is 36.2 Å². The van der Waals surface area contributed by atoms with E-state index in [1.54, 1.807) is 49.4 Å². The van der Waals surface area contributed by atoms with Gasteiger partial charge >= 0.3 is 0 Å². The van der Waals surface area contributed by atoms with E-state index in [0.29, 0.717) is 29.4 Å². The lowest BCUT2D eigenvalue weighted by molar-refractivity contribution is -0.119. The number of rotatable bonds is 12. The van der Waals surface area contributed by atoms with Gasteiger partial charge in [0.25, 0.3) is 11.8 Å². The summed E-state index contributed by atoms with van der Waals surface area (Å²) in [5.74, 6) is 0.000832. The molecule has 5 N–H and O–H groups in total. The Balaban J connectivity index is 1.51. The van der Waals surface area contributed by atoms with Crippen LogP contribution < -0.4 is 31.1 Å². The standard InChI is InChI=1S/C23H23N9O6/c1-2-35-18-10-14(8-9-17(18)37-13-19(24)33)11-26-28-23(34)20-16(12-36-15-6-4-3-5-7-15)32(31-27-20)22-21(25)29-38-30-22/h3-11H,2,12-13H2,1H3,(H2,24,33)(H2,25,29)(H,28,34). The Labute approximate surface area is 215 Å². The quantitative estimate of drug-likeness (QED) is 0.176. The molecule has 0 saturated carbocycles. The van der Waals surface area contributed by atoms with E-state index in [9.17, 15) is 9.59 Å². The molecule has 2 heterocycles. The van der Waals surface area contributed by atoms with Crippen LogP contribution in [0.5, 0.6) is 17.2 Å². The van der Waals surface area contributed by atoms with Gasteiger partial charge < -0.3 is 25.7 Å². The first kappa shape index (κ1) is 25.6. The second-order valence-corrected chi connectivity index (χ2v) is 7.46. The first-order valence-electron chi connectivity index (χ1n) is 11.2. The topological polar surface area (TPSA) is 208 Å². The number of nitrogens with one attached hydrogen (secondary N) is 1. The highest BCUT2D eigenvalue weighted by atomic mass is 16.6. The van der Waals surface area contributed by atoms with Gasteiger partial charge in [-0.25, -0.2) is 10.1 Å². The molecule has 0 radical (unpaired) electrons. The second kappa shape index (κ2) is 12.0. The van der Waals surface area contributed by atoms with Crippen LogP contribution in [0.1, 0.15) is 28.7 Å². The van der Waals surface area contributed by atoms with Gasteiger partial charge in [0.2, 0.25) is 11.6 Å². The number of carbonyl (C=O) groups excluding carboxylic acids is 2. The fraction of sp³-hybridized carbons (Fsp3) is 0.174. The molecular weight excluding hydrogens is 498 g/mol. The average Bonchev–Trinajstić information content (AvgIpc) is 3.53. The molecule has 2 amide bonds. The summed E-state index contributed by atoms with van der Waals surface area (Å²) in [5, 5.41) is 19.1. The minimum Gasteiger partial charge on any atom is -0.490 e. The lowest BCUT2D eigenvalue weighted by Gasteiger charge is -2.11. The normalized spacial score (nSPS) is 10.9. The van der Waals surface area contributed by atoms with Gasteiger partial charge in [-0.3, -0.25) is 9.59 Å². The zero-order chi connectivity index (χ0) is 26.9. The molecule has 0 aliphatic rings. The molecule has 2 aromatic carbocycles. The van der Waals surface area contributed by atoms with E-state index in [2.05, 4.69) is 35.8 Å². The van der Waals surface area contributed by atoms with Crippen LogP contribution in [0.25, 0.3) is 5.82 Å². The summed E-state index contributed by atoms with van der Waals surface area (Å²) < 4.78 is 22.5. The summed E-state index contributed by atoms with van der Waals surface area (Å²) in [6.07, 6.45) is 1.39. The van der Waals surface area contributed by atoms with Crippen molar-refractivity contribution in [3.8, 4) is 23.1 Å². The van der Waals surface area contributed by atoms with E-state index in [4.69, 9.17) is 25.7 Å². The molecule has 0 saturated heterocycles. The molecule has 0 unspecified atom stereocenters. The van der Waals surface area contributed by atoms with Gasteiger partial charge in [0.1, 0.15) is 18.1 Å². The molecule has 0 fully saturated rings. The van der Waals surface area contributed by atoms with Crippen molar-refractivity contribution in [3.63, 3.8) is 0 Å². The van der Waals surface area contributed by atoms with Crippen molar-refractivity contribution in [1.82, 2.24) is 30.7 Å². The number of nitrogen functional groups attached to an aromatic ring is 1. The van der Waals surface area contributed by atoms with Crippen molar-refractivity contribution in [1.29, 1.82) is 0 Å². The van der Waals surface area contributed by atoms with Gasteiger partial charge in [0.05, 0.1) is 12.8 Å². The van der Waals surface area contributed by atoms with Gasteiger partial charge in [-0.05, 0) is 53.1 Å². The number of hydrazone groups is 1. The predicted molar refractivity (Wildman–Crippen MR) is 132 cm³/mol. The number of ether oxygens (including phenoxy) is 3. The molecule has 4 aromatic rings. The first-order valence-corrected chi connectivity index (χ1v) is 11.2. The van der Waals surface area contributed by atoms with Gasteiger partial charge in [-0.1, -0.05) is 23.4 Å². The maximum Gasteiger partial charge on any atom is 0.293 e.